The molecule has 6 heteroatoms. The monoisotopic (exact) mass is 314 g/mol. The van der Waals surface area contributed by atoms with Crippen molar-refractivity contribution in [3.8, 4) is 5.75 Å². The fraction of sp³-hybridized carbons (Fsp3) is 0.438. The number of fused-ring (bicyclic) bond motifs is 1. The van der Waals surface area contributed by atoms with Gasteiger partial charge in [0, 0.05) is 5.56 Å². The molecule has 0 saturated carbocycles. The van der Waals surface area contributed by atoms with Crippen LogP contribution in [-0.2, 0) is 10.2 Å². The lowest BCUT2D eigenvalue weighted by molar-refractivity contribution is -0.150. The van der Waals surface area contributed by atoms with Crippen molar-refractivity contribution >= 4 is 12.0 Å². The van der Waals surface area contributed by atoms with Crippen LogP contribution in [0.5, 0.6) is 5.75 Å². The van der Waals surface area contributed by atoms with E-state index in [0.717, 1.165) is 5.56 Å². The van der Waals surface area contributed by atoms with Gasteiger partial charge in [0.1, 0.15) is 11.9 Å². The van der Waals surface area contributed by atoms with Gasteiger partial charge in [-0.3, -0.25) is 0 Å². The van der Waals surface area contributed by atoms with Gasteiger partial charge in [-0.2, -0.15) is 13.2 Å². The molecule has 1 aromatic rings. The van der Waals surface area contributed by atoms with E-state index in [-0.39, 0.29) is 16.7 Å². The normalized spacial score (nSPS) is 18.3. The van der Waals surface area contributed by atoms with Crippen LogP contribution in [0, 0.1) is 0 Å². The van der Waals surface area contributed by atoms with Gasteiger partial charge in [0.2, 0.25) is 0 Å². The van der Waals surface area contributed by atoms with Crippen molar-refractivity contribution in [1.29, 1.82) is 0 Å². The lowest BCUT2D eigenvalue weighted by Gasteiger charge is -2.28. The van der Waals surface area contributed by atoms with Crippen molar-refractivity contribution in [2.75, 3.05) is 0 Å². The second kappa shape index (κ2) is 5.34. The Balaban J connectivity index is 2.44. The summed E-state index contributed by atoms with van der Waals surface area (Å²) < 4.78 is 43.2. The number of ether oxygens (including phenoxy) is 1. The lowest BCUT2D eigenvalue weighted by Crippen LogP contribution is -2.32. The summed E-state index contributed by atoms with van der Waals surface area (Å²) in [6, 6.07) is 5.17. The predicted molar refractivity (Wildman–Crippen MR) is 75.8 cm³/mol. The summed E-state index contributed by atoms with van der Waals surface area (Å²) in [6.45, 7) is 5.93. The zero-order valence-electron chi connectivity index (χ0n) is 12.5. The maximum atomic E-state index is 12.6. The van der Waals surface area contributed by atoms with E-state index in [2.05, 4.69) is 0 Å². The first-order valence-electron chi connectivity index (χ1n) is 6.80. The van der Waals surface area contributed by atoms with E-state index in [1.54, 1.807) is 12.1 Å². The van der Waals surface area contributed by atoms with Gasteiger partial charge in [0.15, 0.2) is 0 Å². The van der Waals surface area contributed by atoms with Gasteiger partial charge in [0.05, 0.1) is 12.0 Å². The molecule has 0 bridgehead atoms. The van der Waals surface area contributed by atoms with Crippen LogP contribution in [0.4, 0.5) is 13.2 Å². The van der Waals surface area contributed by atoms with E-state index < -0.39 is 24.7 Å². The molecule has 0 radical (unpaired) electrons. The average Bonchev–Trinajstić information content (AvgIpc) is 2.33. The quantitative estimate of drug-likeness (QED) is 0.891. The Labute approximate surface area is 126 Å². The van der Waals surface area contributed by atoms with Gasteiger partial charge in [-0.25, -0.2) is 4.79 Å². The first-order chi connectivity index (χ1) is 9.97. The fourth-order valence-corrected chi connectivity index (χ4v) is 2.26. The Morgan fingerprint density at radius 1 is 1.27 bits per heavy atom. The van der Waals surface area contributed by atoms with E-state index in [0.29, 0.717) is 5.56 Å². The molecule has 1 aliphatic heterocycles. The summed E-state index contributed by atoms with van der Waals surface area (Å²) >= 11 is 0. The smallest absolute Gasteiger partial charge is 0.392 e. The molecule has 0 amide bonds. The minimum absolute atomic E-state index is 0.186. The number of halogens is 3. The van der Waals surface area contributed by atoms with Gasteiger partial charge in [0.25, 0.3) is 0 Å². The molecule has 1 atom stereocenters. The van der Waals surface area contributed by atoms with Gasteiger partial charge in [-0.05, 0) is 23.1 Å². The van der Waals surface area contributed by atoms with Crippen LogP contribution in [0.25, 0.3) is 6.08 Å². The van der Waals surface area contributed by atoms with Gasteiger partial charge >= 0.3 is 12.1 Å². The van der Waals surface area contributed by atoms with Crippen LogP contribution in [0.2, 0.25) is 0 Å². The van der Waals surface area contributed by atoms with E-state index in [4.69, 9.17) is 9.84 Å². The summed E-state index contributed by atoms with van der Waals surface area (Å²) in [5.41, 5.74) is 0.815. The van der Waals surface area contributed by atoms with Gasteiger partial charge in [-0.1, -0.05) is 32.9 Å². The lowest BCUT2D eigenvalue weighted by atomic mass is 9.85. The number of benzene rings is 1. The predicted octanol–water partition coefficient (Wildman–Crippen LogP) is 4.17. The number of carboxylic acids is 1. The molecule has 3 nitrogen and oxygen atoms in total. The number of rotatable bonds is 2. The van der Waals surface area contributed by atoms with E-state index in [9.17, 15) is 18.0 Å². The SMILES string of the molecule is CC(C)(C)c1ccc2c(c1)OC(CC(F)(F)F)C(C(=O)O)=C2. The van der Waals surface area contributed by atoms with Crippen molar-refractivity contribution in [1.82, 2.24) is 0 Å². The number of carboxylic acid groups (broad SMARTS) is 1. The summed E-state index contributed by atoms with van der Waals surface area (Å²) in [6.07, 6.45) is -6.10. The summed E-state index contributed by atoms with van der Waals surface area (Å²) in [5.74, 6) is -1.12. The van der Waals surface area contributed by atoms with E-state index in [1.165, 1.54) is 6.08 Å². The maximum Gasteiger partial charge on any atom is 0.392 e. The second-order valence-corrected chi connectivity index (χ2v) is 6.33. The van der Waals surface area contributed by atoms with Crippen LogP contribution in [0.1, 0.15) is 38.3 Å². The molecule has 0 spiro atoms. The van der Waals surface area contributed by atoms with E-state index in [1.807, 2.05) is 26.8 Å². The van der Waals surface area contributed by atoms with Crippen molar-refractivity contribution in [3.05, 3.63) is 34.9 Å². The molecule has 1 N–H and O–H groups in total. The molecule has 2 rings (SSSR count). The second-order valence-electron chi connectivity index (χ2n) is 6.33. The molecular weight excluding hydrogens is 297 g/mol. The fourth-order valence-electron chi connectivity index (χ4n) is 2.26. The first kappa shape index (κ1) is 16.4. The van der Waals surface area contributed by atoms with Crippen LogP contribution in [-0.4, -0.2) is 23.4 Å². The zero-order valence-corrected chi connectivity index (χ0v) is 12.5. The van der Waals surface area contributed by atoms with Gasteiger partial charge in [-0.15, -0.1) is 0 Å². The van der Waals surface area contributed by atoms with Crippen molar-refractivity contribution in [3.63, 3.8) is 0 Å². The maximum absolute atomic E-state index is 12.6. The molecule has 0 aliphatic carbocycles. The standard InChI is InChI=1S/C16H17F3O3/c1-15(2,3)10-5-4-9-6-11(14(20)21)13(8-16(17,18)19)22-12(9)7-10/h4-7,13H,8H2,1-3H3,(H,20,21). The molecule has 0 saturated heterocycles. The minimum atomic E-state index is -4.50. The third-order valence-electron chi connectivity index (χ3n) is 3.47. The van der Waals surface area contributed by atoms with Crippen LogP contribution < -0.4 is 4.74 Å². The Hall–Kier alpha value is -1.98. The molecule has 1 unspecified atom stereocenters. The van der Waals surface area contributed by atoms with E-state index >= 15 is 0 Å². The molecule has 1 aromatic carbocycles. The molecular formula is C16H17F3O3. The largest absolute Gasteiger partial charge is 0.484 e. The topological polar surface area (TPSA) is 46.5 Å². The molecule has 22 heavy (non-hydrogen) atoms. The van der Waals surface area contributed by atoms with Gasteiger partial charge < -0.3 is 9.84 Å². The number of aliphatic carboxylic acids is 1. The third-order valence-corrected chi connectivity index (χ3v) is 3.47. The first-order valence-corrected chi connectivity index (χ1v) is 6.80. The summed E-state index contributed by atoms with van der Waals surface area (Å²) in [7, 11) is 0. The highest BCUT2D eigenvalue weighted by atomic mass is 19.4. The molecule has 0 aromatic heterocycles. The number of alkyl halides is 3. The van der Waals surface area contributed by atoms with Crippen LogP contribution in [0.3, 0.4) is 0 Å². The number of hydrogen-bond acceptors (Lipinski definition) is 2. The van der Waals surface area contributed by atoms with Crippen LogP contribution in [0.15, 0.2) is 23.8 Å². The molecule has 120 valence electrons. The Bertz CT molecular complexity index is 625. The highest BCUT2D eigenvalue weighted by Crippen LogP contribution is 2.37. The zero-order chi connectivity index (χ0) is 16.7. The molecule has 1 heterocycles. The average molecular weight is 314 g/mol. The number of carbonyl (C=O) groups is 1. The Morgan fingerprint density at radius 2 is 1.91 bits per heavy atom. The molecule has 1 aliphatic rings. The Morgan fingerprint density at radius 3 is 2.41 bits per heavy atom. The summed E-state index contributed by atoms with van der Waals surface area (Å²) in [4.78, 5) is 11.2. The number of hydrogen-bond donors (Lipinski definition) is 1. The van der Waals surface area contributed by atoms with Crippen LogP contribution >= 0.6 is 0 Å². The molecule has 0 fully saturated rings. The van der Waals surface area contributed by atoms with Crippen molar-refractivity contribution < 1.29 is 27.8 Å². The third kappa shape index (κ3) is 3.61. The van der Waals surface area contributed by atoms with Crippen molar-refractivity contribution in [2.45, 2.75) is 44.9 Å². The minimum Gasteiger partial charge on any atom is -0.484 e. The highest BCUT2D eigenvalue weighted by molar-refractivity contribution is 5.94. The highest BCUT2D eigenvalue weighted by Gasteiger charge is 2.38. The van der Waals surface area contributed by atoms with Crippen molar-refractivity contribution in [2.24, 2.45) is 0 Å². The summed E-state index contributed by atoms with van der Waals surface area (Å²) in [5, 5.41) is 9.10. The Kier molecular flexibility index (Phi) is 3.98.